The average molecular weight is 406 g/mol. The van der Waals surface area contributed by atoms with Crippen LogP contribution in [0.1, 0.15) is 34.3 Å². The van der Waals surface area contributed by atoms with Crippen LogP contribution >= 0.6 is 0 Å². The van der Waals surface area contributed by atoms with Crippen LogP contribution in [0.4, 0.5) is 13.2 Å². The van der Waals surface area contributed by atoms with Crippen LogP contribution in [0, 0.1) is 0 Å². The molecule has 1 aliphatic heterocycles. The maximum absolute atomic E-state index is 13.1. The van der Waals surface area contributed by atoms with Gasteiger partial charge in [-0.15, -0.1) is 5.10 Å². The second kappa shape index (κ2) is 7.32. The zero-order chi connectivity index (χ0) is 20.6. The highest BCUT2D eigenvalue weighted by Gasteiger charge is 2.34. The van der Waals surface area contributed by atoms with Crippen molar-refractivity contribution in [3.63, 3.8) is 0 Å². The van der Waals surface area contributed by atoms with Gasteiger partial charge < -0.3 is 15.5 Å². The summed E-state index contributed by atoms with van der Waals surface area (Å²) in [6, 6.07) is 4.78. The van der Waals surface area contributed by atoms with Gasteiger partial charge in [-0.05, 0) is 18.6 Å². The number of oxazole rings is 1. The van der Waals surface area contributed by atoms with E-state index < -0.39 is 17.6 Å². The van der Waals surface area contributed by atoms with Crippen LogP contribution in [0.2, 0.25) is 0 Å². The first-order chi connectivity index (χ1) is 13.8. The smallest absolute Gasteiger partial charge is 0.416 e. The predicted molar refractivity (Wildman–Crippen MR) is 94.6 cm³/mol. The lowest BCUT2D eigenvalue weighted by Gasteiger charge is -2.11. The number of alkyl halides is 3. The molecule has 1 aromatic carbocycles. The molecule has 0 spiro atoms. The summed E-state index contributed by atoms with van der Waals surface area (Å²) in [7, 11) is 0. The molecule has 4 rings (SSSR count). The fraction of sp³-hybridized carbons (Fsp3) is 0.333. The SMILES string of the molecule is NC(=O)c1nc([C@H]2CN[C@H](Cn3ccnn3)C2)c(-c2cccc(C(F)(F)F)c2)o1. The third-order valence-corrected chi connectivity index (χ3v) is 4.80. The minimum atomic E-state index is -4.50. The molecule has 0 bridgehead atoms. The first kappa shape index (κ1) is 19.1. The van der Waals surface area contributed by atoms with E-state index in [1.807, 2.05) is 0 Å². The summed E-state index contributed by atoms with van der Waals surface area (Å²) in [6.07, 6.45) is -0.545. The van der Waals surface area contributed by atoms with Crippen LogP contribution < -0.4 is 11.1 Å². The molecule has 3 aromatic rings. The van der Waals surface area contributed by atoms with Crippen molar-refractivity contribution in [3.05, 3.63) is 53.8 Å². The van der Waals surface area contributed by atoms with Crippen LogP contribution in [0.3, 0.4) is 0 Å². The number of aromatic nitrogens is 4. The zero-order valence-corrected chi connectivity index (χ0v) is 15.1. The summed E-state index contributed by atoms with van der Waals surface area (Å²) in [5.41, 5.74) is 5.07. The molecule has 0 unspecified atom stereocenters. The van der Waals surface area contributed by atoms with E-state index in [4.69, 9.17) is 10.2 Å². The summed E-state index contributed by atoms with van der Waals surface area (Å²) >= 11 is 0. The number of nitrogens with two attached hydrogens (primary N) is 1. The van der Waals surface area contributed by atoms with Crippen LogP contribution in [0.25, 0.3) is 11.3 Å². The zero-order valence-electron chi connectivity index (χ0n) is 15.1. The second-order valence-corrected chi connectivity index (χ2v) is 6.84. The van der Waals surface area contributed by atoms with E-state index in [0.29, 0.717) is 25.2 Å². The standard InChI is InChI=1S/C18H17F3N6O2/c19-18(20,21)12-3-1-2-10(6-12)15-14(25-17(29-15)16(22)28)11-7-13(23-8-11)9-27-5-4-24-26-27/h1-6,11,13,23H,7-9H2,(H2,22,28)/t11-,13+/m1/s1. The number of carbonyl (C=O) groups is 1. The molecule has 0 radical (unpaired) electrons. The number of amides is 1. The van der Waals surface area contributed by atoms with Crippen molar-refractivity contribution in [2.45, 2.75) is 31.1 Å². The fourth-order valence-electron chi connectivity index (χ4n) is 3.48. The molecule has 11 heteroatoms. The van der Waals surface area contributed by atoms with Crippen molar-refractivity contribution < 1.29 is 22.4 Å². The predicted octanol–water partition coefficient (Wildman–Crippen LogP) is 2.20. The molecule has 8 nitrogen and oxygen atoms in total. The van der Waals surface area contributed by atoms with Crippen molar-refractivity contribution in [2.24, 2.45) is 5.73 Å². The number of benzene rings is 1. The van der Waals surface area contributed by atoms with E-state index in [9.17, 15) is 18.0 Å². The van der Waals surface area contributed by atoms with Gasteiger partial charge in [-0.2, -0.15) is 13.2 Å². The minimum Gasteiger partial charge on any atom is -0.432 e. The molecule has 2 aromatic heterocycles. The van der Waals surface area contributed by atoms with E-state index in [1.54, 1.807) is 17.1 Å². The summed E-state index contributed by atoms with van der Waals surface area (Å²) < 4.78 is 46.5. The quantitative estimate of drug-likeness (QED) is 0.672. The lowest BCUT2D eigenvalue weighted by molar-refractivity contribution is -0.137. The molecule has 29 heavy (non-hydrogen) atoms. The van der Waals surface area contributed by atoms with Crippen LogP contribution in [0.15, 0.2) is 41.1 Å². The molecule has 1 saturated heterocycles. The van der Waals surface area contributed by atoms with E-state index in [-0.39, 0.29) is 29.2 Å². The Morgan fingerprint density at radius 2 is 2.21 bits per heavy atom. The third kappa shape index (κ3) is 3.99. The number of nitrogens with one attached hydrogen (secondary N) is 1. The monoisotopic (exact) mass is 406 g/mol. The molecule has 1 amide bonds. The molecule has 152 valence electrons. The normalized spacial score (nSPS) is 19.6. The van der Waals surface area contributed by atoms with Crippen molar-refractivity contribution >= 4 is 5.91 Å². The summed E-state index contributed by atoms with van der Waals surface area (Å²) in [5, 5.41) is 11.0. The van der Waals surface area contributed by atoms with Gasteiger partial charge >= 0.3 is 12.1 Å². The van der Waals surface area contributed by atoms with Crippen LogP contribution in [0.5, 0.6) is 0 Å². The Morgan fingerprint density at radius 1 is 1.38 bits per heavy atom. The van der Waals surface area contributed by atoms with Gasteiger partial charge in [-0.25, -0.2) is 4.98 Å². The average Bonchev–Trinajstić information content (AvgIpc) is 3.42. The van der Waals surface area contributed by atoms with E-state index in [1.165, 1.54) is 12.1 Å². The topological polar surface area (TPSA) is 112 Å². The van der Waals surface area contributed by atoms with E-state index in [0.717, 1.165) is 12.1 Å². The van der Waals surface area contributed by atoms with Crippen molar-refractivity contribution in [2.75, 3.05) is 6.54 Å². The summed E-state index contributed by atoms with van der Waals surface area (Å²) in [6.45, 7) is 1.10. The van der Waals surface area contributed by atoms with Gasteiger partial charge in [0, 0.05) is 30.3 Å². The Morgan fingerprint density at radius 3 is 2.90 bits per heavy atom. The number of hydrogen-bond acceptors (Lipinski definition) is 6. The molecular weight excluding hydrogens is 389 g/mol. The minimum absolute atomic E-state index is 0.0600. The fourth-order valence-corrected chi connectivity index (χ4v) is 3.48. The number of primary amides is 1. The van der Waals surface area contributed by atoms with Gasteiger partial charge in [0.1, 0.15) is 0 Å². The first-order valence-electron chi connectivity index (χ1n) is 8.87. The maximum atomic E-state index is 13.1. The lowest BCUT2D eigenvalue weighted by atomic mass is 9.97. The molecule has 3 N–H and O–H groups in total. The molecule has 1 fully saturated rings. The van der Waals surface area contributed by atoms with Crippen molar-refractivity contribution in [1.82, 2.24) is 25.3 Å². The molecule has 3 heterocycles. The van der Waals surface area contributed by atoms with Crippen LogP contribution in [-0.4, -0.2) is 38.5 Å². The molecular formula is C18H17F3N6O2. The maximum Gasteiger partial charge on any atom is 0.416 e. The van der Waals surface area contributed by atoms with E-state index >= 15 is 0 Å². The van der Waals surface area contributed by atoms with Crippen molar-refractivity contribution in [3.8, 4) is 11.3 Å². The molecule has 1 aliphatic rings. The Hall–Kier alpha value is -3.21. The number of halogens is 3. The van der Waals surface area contributed by atoms with Gasteiger partial charge in [0.05, 0.1) is 24.0 Å². The van der Waals surface area contributed by atoms with Gasteiger partial charge in [-0.3, -0.25) is 9.48 Å². The van der Waals surface area contributed by atoms with Gasteiger partial charge in [-0.1, -0.05) is 17.3 Å². The second-order valence-electron chi connectivity index (χ2n) is 6.84. The highest BCUT2D eigenvalue weighted by molar-refractivity contribution is 5.88. The number of carbonyl (C=O) groups excluding carboxylic acids is 1. The van der Waals surface area contributed by atoms with Gasteiger partial charge in [0.15, 0.2) is 5.76 Å². The first-order valence-corrected chi connectivity index (χ1v) is 8.87. The summed E-state index contributed by atoms with van der Waals surface area (Å²) in [4.78, 5) is 15.8. The Bertz CT molecular complexity index is 1020. The largest absolute Gasteiger partial charge is 0.432 e. The molecule has 0 aliphatic carbocycles. The number of nitrogens with zero attached hydrogens (tertiary/aromatic N) is 4. The Kier molecular flexibility index (Phi) is 4.82. The highest BCUT2D eigenvalue weighted by atomic mass is 19.4. The Balaban J connectivity index is 1.65. The highest BCUT2D eigenvalue weighted by Crippen LogP contribution is 2.37. The number of hydrogen-bond donors (Lipinski definition) is 2. The Labute approximate surface area is 162 Å². The van der Waals surface area contributed by atoms with Crippen molar-refractivity contribution in [1.29, 1.82) is 0 Å². The van der Waals surface area contributed by atoms with Gasteiger partial charge in [0.2, 0.25) is 0 Å². The molecule has 0 saturated carbocycles. The summed E-state index contributed by atoms with van der Waals surface area (Å²) in [5.74, 6) is -1.25. The van der Waals surface area contributed by atoms with Crippen LogP contribution in [-0.2, 0) is 12.7 Å². The third-order valence-electron chi connectivity index (χ3n) is 4.80. The van der Waals surface area contributed by atoms with E-state index in [2.05, 4.69) is 20.6 Å². The van der Waals surface area contributed by atoms with Gasteiger partial charge in [0.25, 0.3) is 5.89 Å². The number of rotatable bonds is 5. The lowest BCUT2D eigenvalue weighted by Crippen LogP contribution is -2.26. The molecule has 2 atom stereocenters.